The van der Waals surface area contributed by atoms with Gasteiger partial charge in [0.15, 0.2) is 0 Å². The van der Waals surface area contributed by atoms with Crippen LogP contribution in [0.2, 0.25) is 0 Å². The van der Waals surface area contributed by atoms with Crippen molar-refractivity contribution in [1.29, 1.82) is 0 Å². The summed E-state index contributed by atoms with van der Waals surface area (Å²) in [5.74, 6) is 0.655. The highest BCUT2D eigenvalue weighted by atomic mass is 16.6. The molecule has 10 heavy (non-hydrogen) atoms. The maximum absolute atomic E-state index is 9.54. The van der Waals surface area contributed by atoms with Gasteiger partial charge in [0.25, 0.3) is 0 Å². The van der Waals surface area contributed by atoms with Crippen molar-refractivity contribution < 1.29 is 9.63 Å². The SMILES string of the molecule is O=[C]NOCc1ncc[nH]1. The molecule has 5 heteroatoms. The first kappa shape index (κ1) is 6.76. The van der Waals surface area contributed by atoms with E-state index in [1.54, 1.807) is 12.4 Å². The second-order valence-electron chi connectivity index (χ2n) is 1.53. The van der Waals surface area contributed by atoms with E-state index in [9.17, 15) is 4.79 Å². The van der Waals surface area contributed by atoms with Crippen molar-refractivity contribution in [2.24, 2.45) is 0 Å². The maximum atomic E-state index is 9.54. The number of nitrogens with one attached hydrogen (secondary N) is 2. The standard InChI is InChI=1S/C5H6N3O2/c9-4-8-10-3-5-6-1-2-7-5/h1-2H,3H2,(H,6,7)(H,8,9). The van der Waals surface area contributed by atoms with Gasteiger partial charge in [-0.15, -0.1) is 0 Å². The average Bonchev–Trinajstić information content (AvgIpc) is 2.41. The molecule has 1 radical (unpaired) electrons. The van der Waals surface area contributed by atoms with Crippen molar-refractivity contribution in [3.63, 3.8) is 0 Å². The predicted octanol–water partition coefficient (Wildman–Crippen LogP) is -0.502. The van der Waals surface area contributed by atoms with Gasteiger partial charge in [0.05, 0.1) is 0 Å². The molecule has 0 aliphatic rings. The number of nitrogens with zero attached hydrogens (tertiary/aromatic N) is 1. The zero-order valence-electron chi connectivity index (χ0n) is 5.13. The minimum atomic E-state index is 0.224. The number of H-pyrrole nitrogens is 1. The summed E-state index contributed by atoms with van der Waals surface area (Å²) in [5, 5.41) is 0. The molecule has 0 bridgehead atoms. The fourth-order valence-corrected chi connectivity index (χ4v) is 0.511. The van der Waals surface area contributed by atoms with Gasteiger partial charge in [0.1, 0.15) is 12.4 Å². The van der Waals surface area contributed by atoms with Crippen molar-refractivity contribution in [2.45, 2.75) is 6.61 Å². The number of hydrogen-bond donors (Lipinski definition) is 2. The average molecular weight is 140 g/mol. The van der Waals surface area contributed by atoms with Crippen molar-refractivity contribution >= 4 is 6.41 Å². The van der Waals surface area contributed by atoms with E-state index < -0.39 is 0 Å². The summed E-state index contributed by atoms with van der Waals surface area (Å²) >= 11 is 0. The highest BCUT2D eigenvalue weighted by Gasteiger charge is 1.91. The molecule has 0 saturated carbocycles. The molecule has 0 aromatic carbocycles. The lowest BCUT2D eigenvalue weighted by Gasteiger charge is -1.94. The van der Waals surface area contributed by atoms with E-state index in [0.717, 1.165) is 0 Å². The Labute approximate surface area is 57.4 Å². The number of hydroxylamine groups is 1. The lowest BCUT2D eigenvalue weighted by molar-refractivity contribution is 0.0650. The lowest BCUT2D eigenvalue weighted by Crippen LogP contribution is -2.11. The molecule has 0 aliphatic heterocycles. The first-order chi connectivity index (χ1) is 4.93. The summed E-state index contributed by atoms with van der Waals surface area (Å²) in [6, 6.07) is 0. The Hall–Kier alpha value is -1.36. The van der Waals surface area contributed by atoms with E-state index in [-0.39, 0.29) is 6.61 Å². The second kappa shape index (κ2) is 3.62. The van der Waals surface area contributed by atoms with Crippen LogP contribution in [0.15, 0.2) is 12.4 Å². The normalized spacial score (nSPS) is 9.20. The van der Waals surface area contributed by atoms with Gasteiger partial charge in [-0.3, -0.25) is 9.63 Å². The number of rotatable bonds is 4. The highest BCUT2D eigenvalue weighted by molar-refractivity contribution is 5.44. The van der Waals surface area contributed by atoms with E-state index in [2.05, 4.69) is 14.8 Å². The van der Waals surface area contributed by atoms with E-state index >= 15 is 0 Å². The van der Waals surface area contributed by atoms with Gasteiger partial charge in [0.2, 0.25) is 0 Å². The van der Waals surface area contributed by atoms with Gasteiger partial charge in [-0.05, 0) is 0 Å². The summed E-state index contributed by atoms with van der Waals surface area (Å²) < 4.78 is 0. The first-order valence-electron chi connectivity index (χ1n) is 2.65. The van der Waals surface area contributed by atoms with E-state index in [4.69, 9.17) is 0 Å². The summed E-state index contributed by atoms with van der Waals surface area (Å²) in [6.45, 7) is 0.224. The Morgan fingerprint density at radius 2 is 2.80 bits per heavy atom. The molecule has 1 aromatic rings. The van der Waals surface area contributed by atoms with Crippen molar-refractivity contribution in [2.75, 3.05) is 0 Å². The van der Waals surface area contributed by atoms with Crippen LogP contribution in [0.25, 0.3) is 0 Å². The van der Waals surface area contributed by atoms with E-state index in [1.165, 1.54) is 6.41 Å². The molecule has 0 spiro atoms. The number of aromatic amines is 1. The molecule has 0 fully saturated rings. The number of aromatic nitrogens is 2. The molecule has 53 valence electrons. The Bertz CT molecular complexity index is 185. The summed E-state index contributed by atoms with van der Waals surface area (Å²) in [6.07, 6.45) is 4.64. The number of carbonyl (C=O) groups excluding carboxylic acids is 1. The molecule has 0 unspecified atom stereocenters. The number of hydrogen-bond acceptors (Lipinski definition) is 3. The van der Waals surface area contributed by atoms with Crippen LogP contribution in [-0.2, 0) is 16.2 Å². The van der Waals surface area contributed by atoms with Crippen LogP contribution in [-0.4, -0.2) is 16.4 Å². The molecule has 0 atom stereocenters. The predicted molar refractivity (Wildman–Crippen MR) is 32.2 cm³/mol. The third-order valence-electron chi connectivity index (χ3n) is 0.878. The van der Waals surface area contributed by atoms with Gasteiger partial charge in [-0.2, -0.15) is 0 Å². The molecule has 0 aliphatic carbocycles. The second-order valence-corrected chi connectivity index (χ2v) is 1.53. The molecule has 0 saturated heterocycles. The van der Waals surface area contributed by atoms with Crippen LogP contribution in [0, 0.1) is 0 Å². The summed E-state index contributed by atoms with van der Waals surface area (Å²) in [5.41, 5.74) is 1.92. The third-order valence-corrected chi connectivity index (χ3v) is 0.878. The maximum Gasteiger partial charge on any atom is 0.335 e. The van der Waals surface area contributed by atoms with Crippen molar-refractivity contribution in [3.8, 4) is 0 Å². The smallest absolute Gasteiger partial charge is 0.335 e. The quantitative estimate of drug-likeness (QED) is 0.336. The van der Waals surface area contributed by atoms with E-state index in [0.29, 0.717) is 5.82 Å². The van der Waals surface area contributed by atoms with Crippen LogP contribution in [0.3, 0.4) is 0 Å². The van der Waals surface area contributed by atoms with Crippen LogP contribution in [0.4, 0.5) is 0 Å². The Morgan fingerprint density at radius 1 is 1.90 bits per heavy atom. The minimum Gasteiger partial charge on any atom is -0.347 e. The minimum absolute atomic E-state index is 0.224. The van der Waals surface area contributed by atoms with Crippen molar-refractivity contribution in [1.82, 2.24) is 15.4 Å². The van der Waals surface area contributed by atoms with Gasteiger partial charge < -0.3 is 4.98 Å². The monoisotopic (exact) mass is 140 g/mol. The highest BCUT2D eigenvalue weighted by Crippen LogP contribution is 1.87. The fraction of sp³-hybridized carbons (Fsp3) is 0.200. The molecule has 1 heterocycles. The molecule has 5 nitrogen and oxygen atoms in total. The zero-order valence-corrected chi connectivity index (χ0v) is 5.13. The Balaban J connectivity index is 2.21. The Morgan fingerprint density at radius 3 is 3.40 bits per heavy atom. The molecule has 1 amide bonds. The van der Waals surface area contributed by atoms with Gasteiger partial charge >= 0.3 is 6.41 Å². The third kappa shape index (κ3) is 1.87. The van der Waals surface area contributed by atoms with Crippen LogP contribution < -0.4 is 5.48 Å². The van der Waals surface area contributed by atoms with Crippen LogP contribution >= 0.6 is 0 Å². The van der Waals surface area contributed by atoms with Crippen LogP contribution in [0.1, 0.15) is 5.82 Å². The lowest BCUT2D eigenvalue weighted by atomic mass is 10.7. The summed E-state index contributed by atoms with van der Waals surface area (Å²) in [7, 11) is 0. The number of imidazole rings is 1. The van der Waals surface area contributed by atoms with Gasteiger partial charge in [0, 0.05) is 12.4 Å². The Kier molecular flexibility index (Phi) is 2.45. The van der Waals surface area contributed by atoms with Crippen LogP contribution in [0.5, 0.6) is 0 Å². The number of amides is 1. The first-order valence-corrected chi connectivity index (χ1v) is 2.65. The van der Waals surface area contributed by atoms with Crippen molar-refractivity contribution in [3.05, 3.63) is 18.2 Å². The van der Waals surface area contributed by atoms with Gasteiger partial charge in [-0.25, -0.2) is 10.5 Å². The largest absolute Gasteiger partial charge is 0.347 e. The molecule has 1 rings (SSSR count). The topological polar surface area (TPSA) is 67.0 Å². The van der Waals surface area contributed by atoms with Gasteiger partial charge in [-0.1, -0.05) is 0 Å². The molecule has 2 N–H and O–H groups in total. The zero-order chi connectivity index (χ0) is 7.23. The fourth-order valence-electron chi connectivity index (χ4n) is 0.511. The molecular formula is C5H6N3O2. The van der Waals surface area contributed by atoms with E-state index in [1.807, 2.05) is 5.48 Å². The summed E-state index contributed by atoms with van der Waals surface area (Å²) in [4.78, 5) is 20.7. The molecular weight excluding hydrogens is 134 g/mol. The molecule has 1 aromatic heterocycles.